The Morgan fingerprint density at radius 2 is 2.00 bits per heavy atom. The van der Waals surface area contributed by atoms with Crippen molar-refractivity contribution in [3.8, 4) is 0 Å². The van der Waals surface area contributed by atoms with Gasteiger partial charge in [-0.3, -0.25) is 9.98 Å². The second kappa shape index (κ2) is 3.13. The molecule has 44 valence electrons. The Morgan fingerprint density at radius 3 is 2.12 bits per heavy atom. The predicted octanol–water partition coefficient (Wildman–Crippen LogP) is 1.29. The van der Waals surface area contributed by atoms with Crippen molar-refractivity contribution in [1.29, 1.82) is 0 Å². The summed E-state index contributed by atoms with van der Waals surface area (Å²) in [6, 6.07) is 0. The van der Waals surface area contributed by atoms with Crippen LogP contribution in [-0.4, -0.2) is 19.5 Å². The van der Waals surface area contributed by atoms with E-state index in [2.05, 4.69) is 23.3 Å². The van der Waals surface area contributed by atoms with Crippen LogP contribution in [0.3, 0.4) is 0 Å². The van der Waals surface area contributed by atoms with Crippen molar-refractivity contribution < 1.29 is 0 Å². The van der Waals surface area contributed by atoms with E-state index in [-0.39, 0.29) is 0 Å². The molecule has 8 heavy (non-hydrogen) atoms. The molecule has 0 aromatic heterocycles. The van der Waals surface area contributed by atoms with E-state index < -0.39 is 0 Å². The summed E-state index contributed by atoms with van der Waals surface area (Å²) in [6.45, 7) is 8.73. The molecule has 2 heteroatoms. The minimum absolute atomic E-state index is 0.646. The van der Waals surface area contributed by atoms with E-state index >= 15 is 0 Å². The van der Waals surface area contributed by atoms with Crippen molar-refractivity contribution in [3.63, 3.8) is 0 Å². The normalized spacial score (nSPS) is 11.0. The van der Waals surface area contributed by atoms with E-state index in [1.165, 1.54) is 0 Å². The van der Waals surface area contributed by atoms with Gasteiger partial charge in [0.05, 0.1) is 11.4 Å². The molecule has 0 radical (unpaired) electrons. The Morgan fingerprint density at radius 1 is 1.50 bits per heavy atom. The van der Waals surface area contributed by atoms with Crippen molar-refractivity contribution in [2.45, 2.75) is 6.92 Å². The quantitative estimate of drug-likeness (QED) is 0.478. The van der Waals surface area contributed by atoms with Crippen LogP contribution < -0.4 is 0 Å². The van der Waals surface area contributed by atoms with E-state index in [0.29, 0.717) is 5.70 Å². The first-order valence-corrected chi connectivity index (χ1v) is 2.31. The van der Waals surface area contributed by atoms with E-state index in [0.717, 1.165) is 5.71 Å². The molecular weight excluding hydrogens is 100 g/mol. The van der Waals surface area contributed by atoms with Gasteiger partial charge in [-0.05, 0) is 13.6 Å². The summed E-state index contributed by atoms with van der Waals surface area (Å²) in [5, 5.41) is 0. The van der Waals surface area contributed by atoms with Gasteiger partial charge in [0, 0.05) is 7.05 Å². The lowest BCUT2D eigenvalue weighted by atomic mass is 10.3. The maximum Gasteiger partial charge on any atom is 0.0757 e. The van der Waals surface area contributed by atoms with Crippen LogP contribution in [0.2, 0.25) is 0 Å². The standard InChI is InChI=1S/C6H10N2/c1-5(7-3)6(2)8-4/h1,3H2,2,4H3. The van der Waals surface area contributed by atoms with Crippen LogP contribution in [0, 0.1) is 0 Å². The molecule has 0 aliphatic carbocycles. The number of rotatable bonds is 2. The lowest BCUT2D eigenvalue weighted by Gasteiger charge is -1.92. The third kappa shape index (κ3) is 1.69. The highest BCUT2D eigenvalue weighted by Gasteiger charge is 1.88. The van der Waals surface area contributed by atoms with Crippen LogP contribution in [-0.2, 0) is 0 Å². The summed E-state index contributed by atoms with van der Waals surface area (Å²) in [5.41, 5.74) is 1.48. The minimum atomic E-state index is 0.646. The van der Waals surface area contributed by atoms with Crippen molar-refractivity contribution in [3.05, 3.63) is 12.3 Å². The average Bonchev–Trinajstić information content (AvgIpc) is 1.84. The van der Waals surface area contributed by atoms with Gasteiger partial charge in [0.15, 0.2) is 0 Å². The first kappa shape index (κ1) is 7.08. The molecule has 0 aliphatic rings. The summed E-state index contributed by atoms with van der Waals surface area (Å²) >= 11 is 0. The molecule has 0 aliphatic heterocycles. The molecule has 0 aromatic carbocycles. The molecule has 0 spiro atoms. The fraction of sp³-hybridized carbons (Fsp3) is 0.333. The lowest BCUT2D eigenvalue weighted by Crippen LogP contribution is -1.90. The van der Waals surface area contributed by atoms with Crippen molar-refractivity contribution >= 4 is 12.4 Å². The largest absolute Gasteiger partial charge is 0.291 e. The van der Waals surface area contributed by atoms with E-state index in [1.807, 2.05) is 6.92 Å². The van der Waals surface area contributed by atoms with Crippen LogP contribution in [0.5, 0.6) is 0 Å². The Labute approximate surface area is 49.7 Å². The van der Waals surface area contributed by atoms with Crippen molar-refractivity contribution in [2.24, 2.45) is 9.98 Å². The zero-order valence-electron chi connectivity index (χ0n) is 5.31. The molecular formula is C6H10N2. The minimum Gasteiger partial charge on any atom is -0.291 e. The highest BCUT2D eigenvalue weighted by Crippen LogP contribution is 1.92. The molecule has 0 saturated heterocycles. The monoisotopic (exact) mass is 110 g/mol. The van der Waals surface area contributed by atoms with Crippen LogP contribution >= 0.6 is 0 Å². The van der Waals surface area contributed by atoms with Gasteiger partial charge >= 0.3 is 0 Å². The molecule has 0 aromatic rings. The molecule has 2 nitrogen and oxygen atoms in total. The highest BCUT2D eigenvalue weighted by molar-refractivity contribution is 5.97. The summed E-state index contributed by atoms with van der Waals surface area (Å²) in [5.74, 6) is 0. The average molecular weight is 110 g/mol. The fourth-order valence-electron chi connectivity index (χ4n) is 0.243. The number of hydrogen-bond acceptors (Lipinski definition) is 2. The second-order valence-corrected chi connectivity index (χ2v) is 1.41. The summed E-state index contributed by atoms with van der Waals surface area (Å²) in [6.07, 6.45) is 0. The van der Waals surface area contributed by atoms with Crippen LogP contribution in [0.4, 0.5) is 0 Å². The number of aliphatic imine (C=N–C) groups is 2. The number of nitrogens with zero attached hydrogens (tertiary/aromatic N) is 2. The third-order valence-corrected chi connectivity index (χ3v) is 0.944. The second-order valence-electron chi connectivity index (χ2n) is 1.41. The summed E-state index contributed by atoms with van der Waals surface area (Å²) in [7, 11) is 1.70. The van der Waals surface area contributed by atoms with Gasteiger partial charge in [0.2, 0.25) is 0 Å². The van der Waals surface area contributed by atoms with Gasteiger partial charge in [0.25, 0.3) is 0 Å². The molecule has 0 atom stereocenters. The predicted molar refractivity (Wildman–Crippen MR) is 37.7 cm³/mol. The van der Waals surface area contributed by atoms with Crippen LogP contribution in [0.25, 0.3) is 0 Å². The highest BCUT2D eigenvalue weighted by atomic mass is 14.8. The molecule has 0 N–H and O–H groups in total. The third-order valence-electron chi connectivity index (χ3n) is 0.944. The smallest absolute Gasteiger partial charge is 0.0757 e. The molecule has 0 heterocycles. The summed E-state index contributed by atoms with van der Waals surface area (Å²) < 4.78 is 0. The Hall–Kier alpha value is -0.920. The van der Waals surface area contributed by atoms with Gasteiger partial charge in [0.1, 0.15) is 0 Å². The first-order chi connectivity index (χ1) is 3.72. The maximum atomic E-state index is 3.84. The van der Waals surface area contributed by atoms with Crippen LogP contribution in [0.15, 0.2) is 22.3 Å². The molecule has 0 bridgehead atoms. The van der Waals surface area contributed by atoms with Crippen molar-refractivity contribution in [2.75, 3.05) is 7.05 Å². The SMILES string of the molecule is C=NC(=C)C(C)=NC. The number of allylic oxidation sites excluding steroid dienone is 1. The zero-order chi connectivity index (χ0) is 6.57. The molecule has 0 amide bonds. The first-order valence-electron chi connectivity index (χ1n) is 2.31. The summed E-state index contributed by atoms with van der Waals surface area (Å²) in [4.78, 5) is 7.43. The Balaban J connectivity index is 4.03. The van der Waals surface area contributed by atoms with Gasteiger partial charge < -0.3 is 0 Å². The van der Waals surface area contributed by atoms with Gasteiger partial charge in [-0.25, -0.2) is 0 Å². The van der Waals surface area contributed by atoms with Crippen LogP contribution in [0.1, 0.15) is 6.92 Å². The van der Waals surface area contributed by atoms with Gasteiger partial charge in [-0.2, -0.15) is 0 Å². The topological polar surface area (TPSA) is 24.7 Å². The Bertz CT molecular complexity index is 133. The van der Waals surface area contributed by atoms with E-state index in [4.69, 9.17) is 0 Å². The fourth-order valence-corrected chi connectivity index (χ4v) is 0.243. The van der Waals surface area contributed by atoms with E-state index in [9.17, 15) is 0 Å². The van der Waals surface area contributed by atoms with Gasteiger partial charge in [-0.1, -0.05) is 6.58 Å². The van der Waals surface area contributed by atoms with E-state index in [1.54, 1.807) is 7.05 Å². The molecule has 0 saturated carbocycles. The maximum absolute atomic E-state index is 3.84. The molecule has 0 rings (SSSR count). The lowest BCUT2D eigenvalue weighted by molar-refractivity contribution is 1.37. The molecule has 0 unspecified atom stereocenters. The van der Waals surface area contributed by atoms with Crippen molar-refractivity contribution in [1.82, 2.24) is 0 Å². The molecule has 0 fully saturated rings. The Kier molecular flexibility index (Phi) is 2.77. The zero-order valence-corrected chi connectivity index (χ0v) is 5.31. The number of hydrogen-bond donors (Lipinski definition) is 0. The van der Waals surface area contributed by atoms with Gasteiger partial charge in [-0.15, -0.1) is 0 Å².